The Morgan fingerprint density at radius 3 is 2.50 bits per heavy atom. The van der Waals surface area contributed by atoms with Crippen LogP contribution in [0.2, 0.25) is 0 Å². The molecule has 0 aromatic carbocycles. The topological polar surface area (TPSA) is 12.4 Å². The zero-order valence-electron chi connectivity index (χ0n) is 10.1. The average Bonchev–Trinajstić information content (AvgIpc) is 2.64. The average molecular weight is 231 g/mol. The highest BCUT2D eigenvalue weighted by Gasteiger charge is 2.03. The summed E-state index contributed by atoms with van der Waals surface area (Å²) in [6.07, 6.45) is 3.99. The van der Waals surface area contributed by atoms with Crippen molar-refractivity contribution >= 4 is 17.0 Å². The lowest BCUT2D eigenvalue weighted by Crippen LogP contribution is -1.94. The lowest BCUT2D eigenvalue weighted by Gasteiger charge is -2.01. The van der Waals surface area contributed by atoms with Crippen molar-refractivity contribution in [2.45, 2.75) is 20.8 Å². The standard InChI is InChI=1S/C14H17NS/c1-6-7-13(15-12(5)10(2)3)14-9-8-11(4)16-14/h6-9H,2,5H2,1,3-4H3/b7-6-,15-13?. The van der Waals surface area contributed by atoms with Gasteiger partial charge in [-0.3, -0.25) is 0 Å². The maximum Gasteiger partial charge on any atom is 0.0805 e. The molecule has 0 radical (unpaired) electrons. The molecule has 1 rings (SSSR count). The van der Waals surface area contributed by atoms with Gasteiger partial charge in [-0.1, -0.05) is 19.2 Å². The van der Waals surface area contributed by atoms with E-state index in [0.717, 1.165) is 21.9 Å². The fourth-order valence-corrected chi connectivity index (χ4v) is 1.98. The molecular formula is C14H17NS. The van der Waals surface area contributed by atoms with Crippen LogP contribution >= 0.6 is 11.3 Å². The second-order valence-corrected chi connectivity index (χ2v) is 4.92. The van der Waals surface area contributed by atoms with E-state index in [1.165, 1.54) is 4.88 Å². The first-order valence-electron chi connectivity index (χ1n) is 5.17. The van der Waals surface area contributed by atoms with Crippen molar-refractivity contribution in [1.29, 1.82) is 0 Å². The van der Waals surface area contributed by atoms with Crippen LogP contribution in [0.3, 0.4) is 0 Å². The number of aliphatic imine (C=N–C) groups is 1. The van der Waals surface area contributed by atoms with Crippen LogP contribution in [0.5, 0.6) is 0 Å². The van der Waals surface area contributed by atoms with Gasteiger partial charge in [0.05, 0.1) is 16.3 Å². The zero-order valence-corrected chi connectivity index (χ0v) is 10.9. The van der Waals surface area contributed by atoms with E-state index in [1.54, 1.807) is 11.3 Å². The van der Waals surface area contributed by atoms with Gasteiger partial charge < -0.3 is 0 Å². The van der Waals surface area contributed by atoms with Gasteiger partial charge in [0.25, 0.3) is 0 Å². The summed E-state index contributed by atoms with van der Waals surface area (Å²) in [5, 5.41) is 0. The molecule has 1 aromatic heterocycles. The third kappa shape index (κ3) is 3.31. The Morgan fingerprint density at radius 2 is 2.06 bits per heavy atom. The third-order valence-corrected chi connectivity index (χ3v) is 3.09. The Morgan fingerprint density at radius 1 is 1.38 bits per heavy atom. The van der Waals surface area contributed by atoms with Crippen molar-refractivity contribution in [2.24, 2.45) is 4.99 Å². The van der Waals surface area contributed by atoms with Crippen LogP contribution in [0.4, 0.5) is 0 Å². The molecule has 0 aliphatic carbocycles. The van der Waals surface area contributed by atoms with Gasteiger partial charge >= 0.3 is 0 Å². The fourth-order valence-electron chi connectivity index (χ4n) is 1.15. The van der Waals surface area contributed by atoms with Gasteiger partial charge in [-0.2, -0.15) is 0 Å². The number of hydrogen-bond donors (Lipinski definition) is 0. The van der Waals surface area contributed by atoms with Crippen molar-refractivity contribution in [2.75, 3.05) is 0 Å². The quantitative estimate of drug-likeness (QED) is 0.534. The van der Waals surface area contributed by atoms with Gasteiger partial charge in [-0.15, -0.1) is 11.3 Å². The third-order valence-electron chi connectivity index (χ3n) is 2.07. The normalized spacial score (nSPS) is 12.1. The van der Waals surface area contributed by atoms with E-state index in [-0.39, 0.29) is 0 Å². The van der Waals surface area contributed by atoms with Crippen molar-refractivity contribution in [3.63, 3.8) is 0 Å². The number of hydrogen-bond acceptors (Lipinski definition) is 2. The van der Waals surface area contributed by atoms with E-state index in [1.807, 2.05) is 26.0 Å². The van der Waals surface area contributed by atoms with Crippen LogP contribution in [0.25, 0.3) is 0 Å². The van der Waals surface area contributed by atoms with E-state index in [9.17, 15) is 0 Å². The van der Waals surface area contributed by atoms with Gasteiger partial charge in [-0.05, 0) is 44.6 Å². The number of thiophene rings is 1. The fraction of sp³-hybridized carbons (Fsp3) is 0.214. The van der Waals surface area contributed by atoms with Gasteiger partial charge in [0.2, 0.25) is 0 Å². The van der Waals surface area contributed by atoms with E-state index >= 15 is 0 Å². The molecule has 0 atom stereocenters. The predicted octanol–water partition coefficient (Wildman–Crippen LogP) is 4.51. The monoisotopic (exact) mass is 231 g/mol. The Balaban J connectivity index is 3.09. The maximum absolute atomic E-state index is 4.50. The number of nitrogens with zero attached hydrogens (tertiary/aromatic N) is 1. The maximum atomic E-state index is 4.50. The van der Waals surface area contributed by atoms with Crippen molar-refractivity contribution in [3.05, 3.63) is 58.5 Å². The largest absolute Gasteiger partial charge is 0.248 e. The molecule has 0 unspecified atom stereocenters. The summed E-state index contributed by atoms with van der Waals surface area (Å²) in [5.74, 6) is 0. The lowest BCUT2D eigenvalue weighted by molar-refractivity contribution is 1.31. The first kappa shape index (κ1) is 12.7. The van der Waals surface area contributed by atoms with E-state index in [0.29, 0.717) is 0 Å². The van der Waals surface area contributed by atoms with E-state index in [4.69, 9.17) is 0 Å². The smallest absolute Gasteiger partial charge is 0.0805 e. The molecule has 0 saturated carbocycles. The highest BCUT2D eigenvalue weighted by Crippen LogP contribution is 2.18. The molecule has 1 heterocycles. The minimum absolute atomic E-state index is 0.735. The Labute approximate surface area is 102 Å². The molecule has 0 aliphatic heterocycles. The molecule has 1 nitrogen and oxygen atoms in total. The summed E-state index contributed by atoms with van der Waals surface area (Å²) < 4.78 is 0. The second kappa shape index (κ2) is 5.61. The molecule has 16 heavy (non-hydrogen) atoms. The van der Waals surface area contributed by atoms with Crippen LogP contribution in [0.1, 0.15) is 23.6 Å². The minimum Gasteiger partial charge on any atom is -0.248 e. The molecule has 0 amide bonds. The highest BCUT2D eigenvalue weighted by molar-refractivity contribution is 7.14. The first-order chi connectivity index (χ1) is 7.54. The molecule has 0 bridgehead atoms. The van der Waals surface area contributed by atoms with Crippen LogP contribution < -0.4 is 0 Å². The summed E-state index contributed by atoms with van der Waals surface area (Å²) in [4.78, 5) is 6.95. The van der Waals surface area contributed by atoms with E-state index < -0.39 is 0 Å². The zero-order chi connectivity index (χ0) is 12.1. The molecule has 0 N–H and O–H groups in total. The van der Waals surface area contributed by atoms with Crippen molar-refractivity contribution in [3.8, 4) is 0 Å². The molecule has 2 heteroatoms. The van der Waals surface area contributed by atoms with Crippen molar-refractivity contribution < 1.29 is 0 Å². The lowest BCUT2D eigenvalue weighted by atomic mass is 10.2. The summed E-state index contributed by atoms with van der Waals surface area (Å²) in [6.45, 7) is 13.7. The van der Waals surface area contributed by atoms with Crippen LogP contribution in [0.15, 0.2) is 53.7 Å². The summed E-state index contributed by atoms with van der Waals surface area (Å²) in [6, 6.07) is 4.19. The first-order valence-corrected chi connectivity index (χ1v) is 5.99. The number of rotatable bonds is 4. The van der Waals surface area contributed by atoms with Crippen LogP contribution in [-0.2, 0) is 0 Å². The molecule has 0 aliphatic rings. The van der Waals surface area contributed by atoms with Crippen LogP contribution in [0, 0.1) is 6.92 Å². The predicted molar refractivity (Wildman–Crippen MR) is 74.4 cm³/mol. The summed E-state index contributed by atoms with van der Waals surface area (Å²) in [5.41, 5.74) is 2.59. The Kier molecular flexibility index (Phi) is 4.44. The molecule has 84 valence electrons. The van der Waals surface area contributed by atoms with Crippen LogP contribution in [-0.4, -0.2) is 5.71 Å². The molecule has 0 spiro atoms. The second-order valence-electron chi connectivity index (χ2n) is 3.63. The Hall–Kier alpha value is -1.41. The molecule has 1 aromatic rings. The molecule has 0 fully saturated rings. The van der Waals surface area contributed by atoms with Gasteiger partial charge in [0.15, 0.2) is 0 Å². The van der Waals surface area contributed by atoms with Gasteiger partial charge in [0, 0.05) is 4.88 Å². The minimum atomic E-state index is 0.735. The van der Waals surface area contributed by atoms with E-state index in [2.05, 4.69) is 37.2 Å². The highest BCUT2D eigenvalue weighted by atomic mass is 32.1. The van der Waals surface area contributed by atoms with Gasteiger partial charge in [0.1, 0.15) is 0 Å². The van der Waals surface area contributed by atoms with Gasteiger partial charge in [-0.25, -0.2) is 4.99 Å². The summed E-state index contributed by atoms with van der Waals surface area (Å²) >= 11 is 1.74. The SMILES string of the molecule is C=C(C)C(=C)N=C(/C=C\C)c1ccc(C)s1. The number of allylic oxidation sites excluding steroid dienone is 3. The Bertz CT molecular complexity index is 461. The number of aryl methyl sites for hydroxylation is 1. The molecular weight excluding hydrogens is 214 g/mol. The molecule has 0 saturated heterocycles. The summed E-state index contributed by atoms with van der Waals surface area (Å²) in [7, 11) is 0. The van der Waals surface area contributed by atoms with Crippen molar-refractivity contribution in [1.82, 2.24) is 0 Å².